The zero-order valence-electron chi connectivity index (χ0n) is 11.8. The monoisotopic (exact) mass is 372 g/mol. The first-order chi connectivity index (χ1) is 11.0. The van der Waals surface area contributed by atoms with Crippen LogP contribution < -0.4 is 4.74 Å². The van der Waals surface area contributed by atoms with Gasteiger partial charge >= 0.3 is 5.97 Å². The molecule has 2 aromatic rings. The second-order valence-electron chi connectivity index (χ2n) is 4.86. The van der Waals surface area contributed by atoms with E-state index in [9.17, 15) is 4.79 Å². The van der Waals surface area contributed by atoms with Gasteiger partial charge in [0.2, 0.25) is 0 Å². The van der Waals surface area contributed by atoms with Crippen LogP contribution in [0, 0.1) is 0 Å². The third-order valence-corrected chi connectivity index (χ3v) is 4.03. The van der Waals surface area contributed by atoms with Gasteiger partial charge in [0.05, 0.1) is 17.2 Å². The lowest BCUT2D eigenvalue weighted by Gasteiger charge is -2.21. The molecule has 23 heavy (non-hydrogen) atoms. The Balaban J connectivity index is 1.78. The molecule has 4 nitrogen and oxygen atoms in total. The van der Waals surface area contributed by atoms with Crippen LogP contribution in [0.15, 0.2) is 30.3 Å². The standard InChI is InChI=1S/C16H11Cl3O4/c17-11-1-2-13(14(19)5-11)16(20)22-7-10-4-12(18)3-9-6-21-8-23-15(9)10/h1-5H,6-8H2. The van der Waals surface area contributed by atoms with Gasteiger partial charge in [0, 0.05) is 21.2 Å². The summed E-state index contributed by atoms with van der Waals surface area (Å²) in [6.07, 6.45) is 0. The molecule has 1 aliphatic rings. The summed E-state index contributed by atoms with van der Waals surface area (Å²) in [4.78, 5) is 12.2. The third kappa shape index (κ3) is 3.72. The van der Waals surface area contributed by atoms with E-state index in [4.69, 9.17) is 49.0 Å². The minimum Gasteiger partial charge on any atom is -0.467 e. The van der Waals surface area contributed by atoms with Crippen molar-refractivity contribution in [2.24, 2.45) is 0 Å². The Morgan fingerprint density at radius 3 is 2.74 bits per heavy atom. The Kier molecular flexibility index (Phi) is 4.97. The van der Waals surface area contributed by atoms with Crippen LogP contribution in [0.2, 0.25) is 15.1 Å². The van der Waals surface area contributed by atoms with Crippen LogP contribution >= 0.6 is 34.8 Å². The largest absolute Gasteiger partial charge is 0.467 e. The van der Waals surface area contributed by atoms with Gasteiger partial charge in [0.1, 0.15) is 12.4 Å². The summed E-state index contributed by atoms with van der Waals surface area (Å²) in [6.45, 7) is 0.569. The fourth-order valence-corrected chi connectivity index (χ4v) is 2.99. The molecule has 120 valence electrons. The van der Waals surface area contributed by atoms with Crippen LogP contribution in [0.1, 0.15) is 21.5 Å². The van der Waals surface area contributed by atoms with Crippen molar-refractivity contribution in [3.8, 4) is 5.75 Å². The Labute approximate surface area is 147 Å². The van der Waals surface area contributed by atoms with E-state index >= 15 is 0 Å². The van der Waals surface area contributed by atoms with Gasteiger partial charge in [0.25, 0.3) is 0 Å². The van der Waals surface area contributed by atoms with Crippen molar-refractivity contribution in [2.45, 2.75) is 13.2 Å². The topological polar surface area (TPSA) is 44.8 Å². The summed E-state index contributed by atoms with van der Waals surface area (Å²) in [7, 11) is 0. The number of hydrogen-bond acceptors (Lipinski definition) is 4. The first-order valence-corrected chi connectivity index (χ1v) is 7.82. The Morgan fingerprint density at radius 1 is 1.13 bits per heavy atom. The molecule has 0 fully saturated rings. The van der Waals surface area contributed by atoms with Gasteiger partial charge in [-0.2, -0.15) is 0 Å². The molecule has 3 rings (SSSR count). The minimum absolute atomic E-state index is 0.0146. The van der Waals surface area contributed by atoms with Crippen LogP contribution in [0.4, 0.5) is 0 Å². The molecule has 0 aliphatic carbocycles. The van der Waals surface area contributed by atoms with Crippen molar-refractivity contribution in [1.82, 2.24) is 0 Å². The fraction of sp³-hybridized carbons (Fsp3) is 0.188. The van der Waals surface area contributed by atoms with Gasteiger partial charge in [-0.25, -0.2) is 4.79 Å². The highest BCUT2D eigenvalue weighted by Gasteiger charge is 2.19. The zero-order valence-corrected chi connectivity index (χ0v) is 14.0. The third-order valence-electron chi connectivity index (χ3n) is 3.26. The van der Waals surface area contributed by atoms with E-state index < -0.39 is 5.97 Å². The van der Waals surface area contributed by atoms with Crippen LogP contribution in [-0.2, 0) is 22.7 Å². The van der Waals surface area contributed by atoms with Crippen molar-refractivity contribution in [2.75, 3.05) is 6.79 Å². The summed E-state index contributed by atoms with van der Waals surface area (Å²) >= 11 is 17.9. The number of hydrogen-bond donors (Lipinski definition) is 0. The van der Waals surface area contributed by atoms with E-state index in [1.807, 2.05) is 0 Å². The summed E-state index contributed by atoms with van der Waals surface area (Å²) in [5.41, 5.74) is 1.74. The fourth-order valence-electron chi connectivity index (χ4n) is 2.24. The van der Waals surface area contributed by atoms with Crippen molar-refractivity contribution < 1.29 is 19.0 Å². The maximum atomic E-state index is 12.2. The van der Waals surface area contributed by atoms with Gasteiger partial charge < -0.3 is 14.2 Å². The van der Waals surface area contributed by atoms with Crippen molar-refractivity contribution in [1.29, 1.82) is 0 Å². The molecule has 1 aliphatic heterocycles. The van der Waals surface area contributed by atoms with E-state index in [1.165, 1.54) is 12.1 Å². The van der Waals surface area contributed by atoms with E-state index in [2.05, 4.69) is 0 Å². The average molecular weight is 374 g/mol. The highest BCUT2D eigenvalue weighted by Crippen LogP contribution is 2.32. The Bertz CT molecular complexity index is 761. The van der Waals surface area contributed by atoms with Gasteiger partial charge in [-0.15, -0.1) is 0 Å². The molecule has 0 saturated carbocycles. The number of esters is 1. The van der Waals surface area contributed by atoms with Crippen LogP contribution in [0.25, 0.3) is 0 Å². The number of halogens is 3. The van der Waals surface area contributed by atoms with Crippen molar-refractivity contribution >= 4 is 40.8 Å². The zero-order chi connectivity index (χ0) is 16.4. The summed E-state index contributed by atoms with van der Waals surface area (Å²) < 4.78 is 16.0. The first-order valence-electron chi connectivity index (χ1n) is 6.68. The first kappa shape index (κ1) is 16.4. The quantitative estimate of drug-likeness (QED) is 0.720. The van der Waals surface area contributed by atoms with Crippen molar-refractivity contribution in [3.63, 3.8) is 0 Å². The predicted octanol–water partition coefficient (Wildman–Crippen LogP) is 4.87. The molecule has 0 bridgehead atoms. The number of carbonyl (C=O) groups excluding carboxylic acids is 1. The highest BCUT2D eigenvalue weighted by molar-refractivity contribution is 6.36. The predicted molar refractivity (Wildman–Crippen MR) is 87.3 cm³/mol. The highest BCUT2D eigenvalue weighted by atomic mass is 35.5. The van der Waals surface area contributed by atoms with Gasteiger partial charge in [-0.3, -0.25) is 0 Å². The SMILES string of the molecule is O=C(OCc1cc(Cl)cc2c1OCOC2)c1ccc(Cl)cc1Cl. The summed E-state index contributed by atoms with van der Waals surface area (Å²) in [5, 5.41) is 1.21. The lowest BCUT2D eigenvalue weighted by Crippen LogP contribution is -2.14. The molecule has 2 aromatic carbocycles. The van der Waals surface area contributed by atoms with E-state index in [1.54, 1.807) is 18.2 Å². The number of benzene rings is 2. The minimum atomic E-state index is -0.549. The van der Waals surface area contributed by atoms with E-state index in [0.717, 1.165) is 5.56 Å². The Morgan fingerprint density at radius 2 is 1.96 bits per heavy atom. The second-order valence-corrected chi connectivity index (χ2v) is 6.14. The molecule has 0 unspecified atom stereocenters. The molecule has 0 saturated heterocycles. The van der Waals surface area contributed by atoms with Gasteiger partial charge in [0.15, 0.2) is 6.79 Å². The van der Waals surface area contributed by atoms with Gasteiger partial charge in [-0.1, -0.05) is 34.8 Å². The number of carbonyl (C=O) groups is 1. The van der Waals surface area contributed by atoms with Gasteiger partial charge in [-0.05, 0) is 30.3 Å². The molecule has 0 spiro atoms. The van der Waals surface area contributed by atoms with Crippen molar-refractivity contribution in [3.05, 3.63) is 62.1 Å². The van der Waals surface area contributed by atoms with Crippen LogP contribution in [-0.4, -0.2) is 12.8 Å². The molecule has 0 aromatic heterocycles. The smallest absolute Gasteiger partial charge is 0.339 e. The summed E-state index contributed by atoms with van der Waals surface area (Å²) in [5.74, 6) is 0.0862. The molecule has 7 heteroatoms. The number of rotatable bonds is 3. The second kappa shape index (κ2) is 6.97. The molecule has 1 heterocycles. The molecular weight excluding hydrogens is 363 g/mol. The molecule has 0 atom stereocenters. The average Bonchev–Trinajstić information content (AvgIpc) is 2.52. The summed E-state index contributed by atoms with van der Waals surface area (Å²) in [6, 6.07) is 8.04. The maximum Gasteiger partial charge on any atom is 0.339 e. The number of fused-ring (bicyclic) bond motifs is 1. The molecule has 0 N–H and O–H groups in total. The lowest BCUT2D eigenvalue weighted by atomic mass is 10.1. The van der Waals surface area contributed by atoms with Crippen LogP contribution in [0.3, 0.4) is 0 Å². The van der Waals surface area contributed by atoms with E-state index in [-0.39, 0.29) is 24.0 Å². The normalized spacial score (nSPS) is 13.2. The molecule has 0 amide bonds. The number of ether oxygens (including phenoxy) is 3. The van der Waals surface area contributed by atoms with E-state index in [0.29, 0.717) is 28.0 Å². The molecular formula is C16H11Cl3O4. The molecule has 0 radical (unpaired) electrons. The Hall–Kier alpha value is -1.46. The maximum absolute atomic E-state index is 12.2. The lowest BCUT2D eigenvalue weighted by molar-refractivity contribution is -0.0180. The van der Waals surface area contributed by atoms with Crippen LogP contribution in [0.5, 0.6) is 5.75 Å².